The first-order valence-electron chi connectivity index (χ1n) is 4.01. The Morgan fingerprint density at radius 3 is 2.92 bits per heavy atom. The van der Waals surface area contributed by atoms with Gasteiger partial charge in [0, 0.05) is 14.0 Å². The number of thiophene rings is 1. The minimum absolute atomic E-state index is 0.127. The number of aliphatic hydroxyl groups excluding tert-OH is 1. The fourth-order valence-electron chi connectivity index (χ4n) is 1.45. The van der Waals surface area contributed by atoms with Crippen molar-refractivity contribution in [3.8, 4) is 0 Å². The molecular weight excluding hydrogens is 248 g/mol. The van der Waals surface area contributed by atoms with E-state index in [1.165, 1.54) is 15.0 Å². The van der Waals surface area contributed by atoms with Crippen LogP contribution >= 0.6 is 27.3 Å². The topological polar surface area (TPSA) is 20.2 Å². The lowest BCUT2D eigenvalue weighted by Crippen LogP contribution is -1.81. The van der Waals surface area contributed by atoms with Gasteiger partial charge in [0.05, 0.1) is 6.61 Å². The highest BCUT2D eigenvalue weighted by molar-refractivity contribution is 9.10. The fraction of sp³-hybridized carbons (Fsp3) is 0.200. The van der Waals surface area contributed by atoms with Crippen LogP contribution in [0.2, 0.25) is 0 Å². The van der Waals surface area contributed by atoms with Crippen LogP contribution in [0, 0.1) is 6.92 Å². The fourth-order valence-corrected chi connectivity index (χ4v) is 3.13. The van der Waals surface area contributed by atoms with Crippen LogP contribution in [0.4, 0.5) is 0 Å². The molecule has 0 aliphatic heterocycles. The summed E-state index contributed by atoms with van der Waals surface area (Å²) >= 11 is 5.23. The van der Waals surface area contributed by atoms with Crippen LogP contribution in [-0.2, 0) is 6.61 Å². The van der Waals surface area contributed by atoms with Crippen LogP contribution in [0.5, 0.6) is 0 Å². The molecule has 0 saturated carbocycles. The zero-order chi connectivity index (χ0) is 9.42. The van der Waals surface area contributed by atoms with Gasteiger partial charge in [-0.1, -0.05) is 12.1 Å². The Labute approximate surface area is 89.1 Å². The molecule has 1 aromatic heterocycles. The molecule has 1 nitrogen and oxygen atoms in total. The Morgan fingerprint density at radius 1 is 1.46 bits per heavy atom. The molecule has 0 aliphatic rings. The first-order chi connectivity index (χ1) is 6.24. The van der Waals surface area contributed by atoms with Crippen molar-refractivity contribution in [2.24, 2.45) is 0 Å². The maximum Gasteiger partial charge on any atom is 0.0698 e. The van der Waals surface area contributed by atoms with Crippen molar-refractivity contribution in [3.05, 3.63) is 33.1 Å². The van der Waals surface area contributed by atoms with Crippen molar-refractivity contribution in [3.63, 3.8) is 0 Å². The van der Waals surface area contributed by atoms with Gasteiger partial charge in [-0.2, -0.15) is 0 Å². The number of rotatable bonds is 1. The van der Waals surface area contributed by atoms with E-state index in [2.05, 4.69) is 22.0 Å². The van der Waals surface area contributed by atoms with Gasteiger partial charge in [0.2, 0.25) is 0 Å². The lowest BCUT2D eigenvalue weighted by Gasteiger charge is -1.95. The van der Waals surface area contributed by atoms with Gasteiger partial charge in [-0.25, -0.2) is 0 Å². The van der Waals surface area contributed by atoms with Gasteiger partial charge >= 0.3 is 0 Å². The number of aryl methyl sites for hydroxylation is 1. The van der Waals surface area contributed by atoms with E-state index in [0.29, 0.717) is 0 Å². The van der Waals surface area contributed by atoms with Gasteiger partial charge in [0.1, 0.15) is 0 Å². The second-order valence-electron chi connectivity index (χ2n) is 2.91. The number of fused-ring (bicyclic) bond motifs is 1. The predicted molar refractivity (Wildman–Crippen MR) is 60.2 cm³/mol. The van der Waals surface area contributed by atoms with Gasteiger partial charge in [-0.05, 0) is 39.9 Å². The molecule has 1 heterocycles. The summed E-state index contributed by atoms with van der Waals surface area (Å²) in [6, 6.07) is 6.08. The largest absolute Gasteiger partial charge is 0.392 e. The van der Waals surface area contributed by atoms with Crippen LogP contribution in [0.15, 0.2) is 22.7 Å². The quantitative estimate of drug-likeness (QED) is 0.829. The normalized spacial score (nSPS) is 11.0. The van der Waals surface area contributed by atoms with Crippen molar-refractivity contribution in [2.75, 3.05) is 0 Å². The molecule has 68 valence electrons. The molecule has 0 atom stereocenters. The number of benzene rings is 1. The summed E-state index contributed by atoms with van der Waals surface area (Å²) in [6.45, 7) is 2.17. The summed E-state index contributed by atoms with van der Waals surface area (Å²) in [6.07, 6.45) is 0. The number of aliphatic hydroxyl groups is 1. The average Bonchev–Trinajstić information content (AvgIpc) is 2.43. The minimum Gasteiger partial charge on any atom is -0.392 e. The highest BCUT2D eigenvalue weighted by atomic mass is 79.9. The molecule has 0 amide bonds. The Kier molecular flexibility index (Phi) is 2.41. The SMILES string of the molecule is Cc1sc2c(Br)cccc2c1CO. The molecule has 13 heavy (non-hydrogen) atoms. The summed E-state index contributed by atoms with van der Waals surface area (Å²) < 4.78 is 2.34. The number of hydrogen-bond donors (Lipinski definition) is 1. The Balaban J connectivity index is 2.86. The van der Waals surface area contributed by atoms with Crippen molar-refractivity contribution in [1.29, 1.82) is 0 Å². The molecule has 0 unspecified atom stereocenters. The molecule has 0 spiro atoms. The summed E-state index contributed by atoms with van der Waals surface area (Å²) in [7, 11) is 0. The summed E-state index contributed by atoms with van der Waals surface area (Å²) in [5.41, 5.74) is 1.06. The third-order valence-electron chi connectivity index (χ3n) is 2.13. The molecule has 0 fully saturated rings. The van der Waals surface area contributed by atoms with Crippen molar-refractivity contribution >= 4 is 37.4 Å². The summed E-state index contributed by atoms with van der Waals surface area (Å²) in [4.78, 5) is 1.20. The van der Waals surface area contributed by atoms with E-state index in [1.807, 2.05) is 19.1 Å². The monoisotopic (exact) mass is 256 g/mol. The van der Waals surface area contributed by atoms with E-state index in [0.717, 1.165) is 10.0 Å². The van der Waals surface area contributed by atoms with Crippen LogP contribution in [-0.4, -0.2) is 5.11 Å². The first kappa shape index (κ1) is 9.19. The molecule has 1 aromatic carbocycles. The highest BCUT2D eigenvalue weighted by Gasteiger charge is 2.09. The summed E-state index contributed by atoms with van der Waals surface area (Å²) in [5, 5.41) is 10.4. The molecule has 0 radical (unpaired) electrons. The number of hydrogen-bond acceptors (Lipinski definition) is 2. The lowest BCUT2D eigenvalue weighted by molar-refractivity contribution is 0.283. The number of halogens is 1. The minimum atomic E-state index is 0.127. The molecule has 3 heteroatoms. The van der Waals surface area contributed by atoms with Gasteiger partial charge in [0.15, 0.2) is 0 Å². The molecule has 0 aliphatic carbocycles. The van der Waals surface area contributed by atoms with Gasteiger partial charge in [-0.3, -0.25) is 0 Å². The van der Waals surface area contributed by atoms with Crippen LogP contribution < -0.4 is 0 Å². The molecule has 1 N–H and O–H groups in total. The molecule has 0 saturated heterocycles. The zero-order valence-electron chi connectivity index (χ0n) is 7.17. The van der Waals surface area contributed by atoms with Crippen molar-refractivity contribution in [1.82, 2.24) is 0 Å². The highest BCUT2D eigenvalue weighted by Crippen LogP contribution is 2.35. The molecule has 0 bridgehead atoms. The van der Waals surface area contributed by atoms with E-state index >= 15 is 0 Å². The summed E-state index contributed by atoms with van der Waals surface area (Å²) in [5.74, 6) is 0. The third kappa shape index (κ3) is 1.41. The van der Waals surface area contributed by atoms with Crippen molar-refractivity contribution < 1.29 is 5.11 Å². The first-order valence-corrected chi connectivity index (χ1v) is 5.62. The Morgan fingerprint density at radius 2 is 2.23 bits per heavy atom. The third-order valence-corrected chi connectivity index (χ3v) is 4.25. The van der Waals surface area contributed by atoms with E-state index in [4.69, 9.17) is 0 Å². The second kappa shape index (κ2) is 3.40. The zero-order valence-corrected chi connectivity index (χ0v) is 9.58. The molecule has 2 rings (SSSR count). The van der Waals surface area contributed by atoms with Crippen LogP contribution in [0.3, 0.4) is 0 Å². The van der Waals surface area contributed by atoms with Crippen LogP contribution in [0.25, 0.3) is 10.1 Å². The standard InChI is InChI=1S/C10H9BrOS/c1-6-8(5-12)7-3-2-4-9(11)10(7)13-6/h2-4,12H,5H2,1H3. The van der Waals surface area contributed by atoms with Crippen molar-refractivity contribution in [2.45, 2.75) is 13.5 Å². The van der Waals surface area contributed by atoms with E-state index < -0.39 is 0 Å². The van der Waals surface area contributed by atoms with E-state index in [-0.39, 0.29) is 6.61 Å². The van der Waals surface area contributed by atoms with E-state index in [9.17, 15) is 5.11 Å². The van der Waals surface area contributed by atoms with E-state index in [1.54, 1.807) is 11.3 Å². The van der Waals surface area contributed by atoms with Crippen LogP contribution in [0.1, 0.15) is 10.4 Å². The second-order valence-corrected chi connectivity index (χ2v) is 4.99. The predicted octanol–water partition coefficient (Wildman–Crippen LogP) is 3.46. The van der Waals surface area contributed by atoms with Gasteiger partial charge in [-0.15, -0.1) is 11.3 Å². The van der Waals surface area contributed by atoms with Gasteiger partial charge in [0.25, 0.3) is 0 Å². The maximum absolute atomic E-state index is 9.19. The maximum atomic E-state index is 9.19. The molecular formula is C10H9BrOS. The Bertz CT molecular complexity index is 447. The smallest absolute Gasteiger partial charge is 0.0698 e. The van der Waals surface area contributed by atoms with Gasteiger partial charge < -0.3 is 5.11 Å². The molecule has 2 aromatic rings. The Hall–Kier alpha value is -0.380. The lowest BCUT2D eigenvalue weighted by atomic mass is 10.1. The average molecular weight is 257 g/mol.